The Hall–Kier alpha value is -3.46. The summed E-state index contributed by atoms with van der Waals surface area (Å²) in [7, 11) is 0. The van der Waals surface area contributed by atoms with E-state index in [1.807, 2.05) is 24.3 Å². The second kappa shape index (κ2) is 8.91. The Balaban J connectivity index is 1.26. The van der Waals surface area contributed by atoms with E-state index >= 15 is 0 Å². The zero-order chi connectivity index (χ0) is 20.9. The molecule has 7 nitrogen and oxygen atoms in total. The number of rotatable bonds is 6. The van der Waals surface area contributed by atoms with Crippen LogP contribution in [0, 0.1) is 5.82 Å². The zero-order valence-corrected chi connectivity index (χ0v) is 16.6. The van der Waals surface area contributed by atoms with Gasteiger partial charge >= 0.3 is 0 Å². The fourth-order valence-electron chi connectivity index (χ4n) is 2.87. The minimum atomic E-state index is -0.609. The average Bonchev–Trinajstić information content (AvgIpc) is 3.19. The number of hydrogen-bond acceptors (Lipinski definition) is 6. The van der Waals surface area contributed by atoms with Crippen LogP contribution < -0.4 is 20.1 Å². The summed E-state index contributed by atoms with van der Waals surface area (Å²) in [6.45, 7) is 0.647. The van der Waals surface area contributed by atoms with Gasteiger partial charge in [0.25, 0.3) is 5.91 Å². The molecule has 1 aliphatic heterocycles. The van der Waals surface area contributed by atoms with Crippen LogP contribution in [0.3, 0.4) is 0 Å². The normalized spacial score (nSPS) is 14.8. The topological polar surface area (TPSA) is 89.6 Å². The third-order valence-electron chi connectivity index (χ3n) is 4.33. The van der Waals surface area contributed by atoms with Gasteiger partial charge in [0, 0.05) is 5.38 Å². The SMILES string of the molecule is O=C(Cc1csc(NC(=O)c2ccccc2F)n1)NCC1COc2ccccc2O1. The van der Waals surface area contributed by atoms with Crippen LogP contribution >= 0.6 is 11.3 Å². The highest BCUT2D eigenvalue weighted by Gasteiger charge is 2.21. The number of ether oxygens (including phenoxy) is 2. The molecule has 2 heterocycles. The first-order valence-corrected chi connectivity index (χ1v) is 10.1. The fraction of sp³-hybridized carbons (Fsp3) is 0.190. The number of para-hydroxylation sites is 2. The Kier molecular flexibility index (Phi) is 5.89. The molecule has 0 aliphatic carbocycles. The molecule has 0 spiro atoms. The van der Waals surface area contributed by atoms with Crippen molar-refractivity contribution in [2.24, 2.45) is 0 Å². The fourth-order valence-corrected chi connectivity index (χ4v) is 3.58. The lowest BCUT2D eigenvalue weighted by Gasteiger charge is -2.26. The maximum Gasteiger partial charge on any atom is 0.260 e. The molecule has 0 radical (unpaired) electrons. The highest BCUT2D eigenvalue weighted by molar-refractivity contribution is 7.14. The number of halogens is 1. The summed E-state index contributed by atoms with van der Waals surface area (Å²) in [5.74, 6) is -0.0872. The predicted molar refractivity (Wildman–Crippen MR) is 110 cm³/mol. The summed E-state index contributed by atoms with van der Waals surface area (Å²) in [6.07, 6.45) is -0.231. The van der Waals surface area contributed by atoms with E-state index in [0.717, 1.165) is 0 Å². The van der Waals surface area contributed by atoms with E-state index in [1.165, 1.54) is 29.5 Å². The van der Waals surface area contributed by atoms with E-state index in [0.29, 0.717) is 35.5 Å². The summed E-state index contributed by atoms with van der Waals surface area (Å²) >= 11 is 1.17. The molecule has 1 aromatic heterocycles. The smallest absolute Gasteiger partial charge is 0.260 e. The summed E-state index contributed by atoms with van der Waals surface area (Å²) in [5, 5.41) is 7.32. The van der Waals surface area contributed by atoms with Crippen LogP contribution in [0.5, 0.6) is 11.5 Å². The van der Waals surface area contributed by atoms with Crippen molar-refractivity contribution in [3.63, 3.8) is 0 Å². The molecule has 9 heteroatoms. The monoisotopic (exact) mass is 427 g/mol. The number of aromatic nitrogens is 1. The number of amides is 2. The Morgan fingerprint density at radius 1 is 1.13 bits per heavy atom. The van der Waals surface area contributed by atoms with Gasteiger partial charge in [0.05, 0.1) is 24.2 Å². The molecule has 1 aliphatic rings. The number of thiazole rings is 1. The molecule has 0 saturated heterocycles. The van der Waals surface area contributed by atoms with Gasteiger partial charge in [-0.15, -0.1) is 11.3 Å². The highest BCUT2D eigenvalue weighted by atomic mass is 32.1. The van der Waals surface area contributed by atoms with Gasteiger partial charge in [0.1, 0.15) is 18.5 Å². The van der Waals surface area contributed by atoms with Gasteiger partial charge < -0.3 is 14.8 Å². The van der Waals surface area contributed by atoms with Crippen molar-refractivity contribution in [3.05, 3.63) is 71.0 Å². The van der Waals surface area contributed by atoms with E-state index in [4.69, 9.17) is 9.47 Å². The standard InChI is InChI=1S/C21H18FN3O4S/c22-16-6-2-1-5-15(16)20(27)25-21-24-13(12-30-21)9-19(26)23-10-14-11-28-17-7-3-4-8-18(17)29-14/h1-8,12,14H,9-11H2,(H,23,26)(H,24,25,27). The lowest BCUT2D eigenvalue weighted by atomic mass is 10.2. The Labute approximate surface area is 175 Å². The van der Waals surface area contributed by atoms with E-state index in [-0.39, 0.29) is 24.0 Å². The van der Waals surface area contributed by atoms with Crippen molar-refractivity contribution >= 4 is 28.3 Å². The third-order valence-corrected chi connectivity index (χ3v) is 5.13. The van der Waals surface area contributed by atoms with Gasteiger partial charge in [-0.25, -0.2) is 9.37 Å². The van der Waals surface area contributed by atoms with Crippen LogP contribution in [0.2, 0.25) is 0 Å². The first-order chi connectivity index (χ1) is 14.6. The number of hydrogen-bond donors (Lipinski definition) is 2. The van der Waals surface area contributed by atoms with Crippen molar-refractivity contribution in [1.29, 1.82) is 0 Å². The molecule has 2 amide bonds. The summed E-state index contributed by atoms with van der Waals surface area (Å²) in [6, 6.07) is 13.1. The quantitative estimate of drug-likeness (QED) is 0.631. The zero-order valence-electron chi connectivity index (χ0n) is 15.8. The van der Waals surface area contributed by atoms with Crippen molar-refractivity contribution in [2.45, 2.75) is 12.5 Å². The molecule has 2 N–H and O–H groups in total. The number of benzene rings is 2. The van der Waals surface area contributed by atoms with Gasteiger partial charge in [-0.1, -0.05) is 24.3 Å². The second-order valence-electron chi connectivity index (χ2n) is 6.56. The maximum atomic E-state index is 13.7. The number of nitrogens with zero attached hydrogens (tertiary/aromatic N) is 1. The largest absolute Gasteiger partial charge is 0.486 e. The lowest BCUT2D eigenvalue weighted by molar-refractivity contribution is -0.121. The van der Waals surface area contributed by atoms with Crippen LogP contribution in [0.15, 0.2) is 53.9 Å². The van der Waals surface area contributed by atoms with Crippen LogP contribution in [0.4, 0.5) is 9.52 Å². The first-order valence-electron chi connectivity index (χ1n) is 9.24. The minimum Gasteiger partial charge on any atom is -0.486 e. The van der Waals surface area contributed by atoms with Crippen molar-refractivity contribution in [3.8, 4) is 11.5 Å². The maximum absolute atomic E-state index is 13.7. The molecule has 0 fully saturated rings. The number of carbonyl (C=O) groups excluding carboxylic acids is 2. The number of carbonyl (C=O) groups is 2. The van der Waals surface area contributed by atoms with Crippen molar-refractivity contribution in [2.75, 3.05) is 18.5 Å². The molecule has 3 aromatic rings. The lowest BCUT2D eigenvalue weighted by Crippen LogP contribution is -2.41. The second-order valence-corrected chi connectivity index (χ2v) is 7.41. The molecule has 1 atom stereocenters. The Morgan fingerprint density at radius 2 is 1.90 bits per heavy atom. The van der Waals surface area contributed by atoms with Crippen molar-refractivity contribution in [1.82, 2.24) is 10.3 Å². The number of nitrogens with one attached hydrogen (secondary N) is 2. The summed E-state index contributed by atoms with van der Waals surface area (Å²) in [5.41, 5.74) is 0.441. The van der Waals surface area contributed by atoms with E-state index in [1.54, 1.807) is 11.4 Å². The van der Waals surface area contributed by atoms with Gasteiger partial charge in [-0.05, 0) is 24.3 Å². The minimum absolute atomic E-state index is 0.0518. The molecule has 1 unspecified atom stereocenters. The molecule has 2 aromatic carbocycles. The molecule has 4 rings (SSSR count). The highest BCUT2D eigenvalue weighted by Crippen LogP contribution is 2.30. The van der Waals surface area contributed by atoms with Crippen LogP contribution in [-0.2, 0) is 11.2 Å². The van der Waals surface area contributed by atoms with Crippen molar-refractivity contribution < 1.29 is 23.5 Å². The molecule has 0 saturated carbocycles. The molecular formula is C21H18FN3O4S. The Bertz CT molecular complexity index is 1070. The van der Waals surface area contributed by atoms with E-state index in [9.17, 15) is 14.0 Å². The first kappa shape index (κ1) is 19.8. The Morgan fingerprint density at radius 3 is 2.73 bits per heavy atom. The molecular weight excluding hydrogens is 409 g/mol. The molecule has 0 bridgehead atoms. The van der Waals surface area contributed by atoms with E-state index < -0.39 is 11.7 Å². The van der Waals surface area contributed by atoms with Crippen LogP contribution in [-0.4, -0.2) is 36.1 Å². The number of fused-ring (bicyclic) bond motifs is 1. The molecule has 154 valence electrons. The summed E-state index contributed by atoms with van der Waals surface area (Å²) < 4.78 is 25.1. The van der Waals surface area contributed by atoms with E-state index in [2.05, 4.69) is 15.6 Å². The average molecular weight is 427 g/mol. The van der Waals surface area contributed by atoms with Crippen LogP contribution in [0.25, 0.3) is 0 Å². The van der Waals surface area contributed by atoms with Gasteiger partial charge in [-0.3, -0.25) is 14.9 Å². The van der Waals surface area contributed by atoms with Gasteiger partial charge in [0.2, 0.25) is 5.91 Å². The van der Waals surface area contributed by atoms with Gasteiger partial charge in [0.15, 0.2) is 16.6 Å². The third kappa shape index (κ3) is 4.74. The summed E-state index contributed by atoms with van der Waals surface area (Å²) in [4.78, 5) is 28.6. The predicted octanol–water partition coefficient (Wildman–Crippen LogP) is 3.03. The molecule has 30 heavy (non-hydrogen) atoms. The van der Waals surface area contributed by atoms with Gasteiger partial charge in [-0.2, -0.15) is 0 Å². The van der Waals surface area contributed by atoms with Crippen LogP contribution in [0.1, 0.15) is 16.1 Å². The number of anilines is 1.